The molecule has 0 aromatic carbocycles. The molecule has 2 aliphatic rings. The van der Waals surface area contributed by atoms with Crippen LogP contribution in [0.4, 0.5) is 0 Å². The first-order valence-electron chi connectivity index (χ1n) is 9.59. The summed E-state index contributed by atoms with van der Waals surface area (Å²) in [6, 6.07) is 0.747. The lowest BCUT2D eigenvalue weighted by Gasteiger charge is -2.34. The van der Waals surface area contributed by atoms with Crippen molar-refractivity contribution in [2.24, 2.45) is 0 Å². The Kier molecular flexibility index (Phi) is 6.02. The molecule has 1 aromatic heterocycles. The van der Waals surface area contributed by atoms with Crippen LogP contribution in [0.5, 0.6) is 0 Å². The van der Waals surface area contributed by atoms with Crippen LogP contribution < -0.4 is 5.32 Å². The summed E-state index contributed by atoms with van der Waals surface area (Å²) in [4.78, 5) is 25.4. The zero-order valence-corrected chi connectivity index (χ0v) is 15.8. The zero-order valence-electron chi connectivity index (χ0n) is 15.8. The number of amides is 1. The van der Waals surface area contributed by atoms with E-state index in [4.69, 9.17) is 0 Å². The normalized spacial score (nSPS) is 20.8. The van der Waals surface area contributed by atoms with Gasteiger partial charge >= 0.3 is 0 Å². The van der Waals surface area contributed by atoms with Crippen molar-refractivity contribution in [3.05, 3.63) is 23.3 Å². The summed E-state index contributed by atoms with van der Waals surface area (Å²) in [5, 5.41) is 3.72. The smallest absolute Gasteiger partial charge is 0.236 e. The number of likely N-dealkylation sites (tertiary alicyclic amines) is 2. The lowest BCUT2D eigenvalue weighted by atomic mass is 10.0. The van der Waals surface area contributed by atoms with Gasteiger partial charge in [-0.05, 0) is 46.5 Å². The monoisotopic (exact) mass is 345 g/mol. The highest BCUT2D eigenvalue weighted by Crippen LogP contribution is 2.19. The molecule has 1 atom stereocenters. The maximum Gasteiger partial charge on any atom is 0.236 e. The van der Waals surface area contributed by atoms with Gasteiger partial charge in [-0.25, -0.2) is 9.97 Å². The van der Waals surface area contributed by atoms with Crippen molar-refractivity contribution in [3.8, 4) is 0 Å². The van der Waals surface area contributed by atoms with E-state index in [2.05, 4.69) is 34.0 Å². The Morgan fingerprint density at radius 1 is 1.24 bits per heavy atom. The molecule has 2 aliphatic heterocycles. The van der Waals surface area contributed by atoms with Crippen molar-refractivity contribution < 1.29 is 4.79 Å². The second kappa shape index (κ2) is 8.23. The van der Waals surface area contributed by atoms with E-state index in [0.29, 0.717) is 18.5 Å². The highest BCUT2D eigenvalue weighted by Gasteiger charge is 2.25. The molecule has 2 fully saturated rings. The van der Waals surface area contributed by atoms with Crippen molar-refractivity contribution in [3.63, 3.8) is 0 Å². The van der Waals surface area contributed by atoms with Crippen molar-refractivity contribution >= 4 is 5.91 Å². The van der Waals surface area contributed by atoms with Gasteiger partial charge in [-0.3, -0.25) is 9.69 Å². The van der Waals surface area contributed by atoms with Crippen LogP contribution in [0.15, 0.2) is 6.20 Å². The maximum atomic E-state index is 12.3. The molecule has 1 aromatic rings. The van der Waals surface area contributed by atoms with Crippen LogP contribution in [0.2, 0.25) is 0 Å². The summed E-state index contributed by atoms with van der Waals surface area (Å²) in [5.74, 6) is 1.13. The van der Waals surface area contributed by atoms with E-state index >= 15 is 0 Å². The van der Waals surface area contributed by atoms with E-state index < -0.39 is 0 Å². The lowest BCUT2D eigenvalue weighted by Crippen LogP contribution is -2.47. The molecule has 0 spiro atoms. The summed E-state index contributed by atoms with van der Waals surface area (Å²) < 4.78 is 0. The number of piperidine rings is 1. The molecular weight excluding hydrogens is 314 g/mol. The highest BCUT2D eigenvalue weighted by atomic mass is 16.2. The van der Waals surface area contributed by atoms with Crippen molar-refractivity contribution in [1.82, 2.24) is 25.1 Å². The Morgan fingerprint density at radius 3 is 2.56 bits per heavy atom. The molecule has 0 radical (unpaired) electrons. The molecule has 138 valence electrons. The fraction of sp³-hybridized carbons (Fsp3) is 0.737. The Morgan fingerprint density at radius 2 is 1.92 bits per heavy atom. The predicted octanol–water partition coefficient (Wildman–Crippen LogP) is 1.83. The fourth-order valence-corrected chi connectivity index (χ4v) is 3.98. The molecule has 3 rings (SSSR count). The molecule has 1 unspecified atom stereocenters. The van der Waals surface area contributed by atoms with Gasteiger partial charge in [0, 0.05) is 55.7 Å². The minimum atomic E-state index is 0.253. The second-order valence-corrected chi connectivity index (χ2v) is 7.48. The van der Waals surface area contributed by atoms with Crippen molar-refractivity contribution in [2.45, 2.75) is 58.5 Å². The predicted molar refractivity (Wildman–Crippen MR) is 98.3 cm³/mol. The van der Waals surface area contributed by atoms with Crippen LogP contribution in [0.25, 0.3) is 0 Å². The molecule has 6 heteroatoms. The largest absolute Gasteiger partial charge is 0.342 e. The molecule has 3 heterocycles. The molecular formula is C19H31N5O. The average molecular weight is 345 g/mol. The molecule has 1 amide bonds. The second-order valence-electron chi connectivity index (χ2n) is 7.48. The van der Waals surface area contributed by atoms with Gasteiger partial charge in [0.1, 0.15) is 5.82 Å². The van der Waals surface area contributed by atoms with Crippen LogP contribution >= 0.6 is 0 Å². The number of nitrogens with one attached hydrogen (secondary N) is 1. The number of aromatic nitrogens is 2. The Balaban J connectivity index is 1.45. The first-order valence-corrected chi connectivity index (χ1v) is 9.59. The van der Waals surface area contributed by atoms with Gasteiger partial charge in [-0.2, -0.15) is 0 Å². The standard InChI is InChI=1S/C19H31N5O/c1-14-18(12-20-16(3)21-14)15(2)22-17-6-10-23(11-7-17)13-19(25)24-8-4-5-9-24/h12,15,17,22H,4-11,13H2,1-3H3. The molecule has 25 heavy (non-hydrogen) atoms. The van der Waals surface area contributed by atoms with E-state index in [0.717, 1.165) is 63.4 Å². The summed E-state index contributed by atoms with van der Waals surface area (Å²) in [6.45, 7) is 10.6. The Labute approximate surface area is 151 Å². The van der Waals surface area contributed by atoms with Crippen LogP contribution in [0.3, 0.4) is 0 Å². The number of hydrogen-bond acceptors (Lipinski definition) is 5. The van der Waals surface area contributed by atoms with Gasteiger partial charge in [0.25, 0.3) is 0 Å². The SMILES string of the molecule is Cc1ncc(C(C)NC2CCN(CC(=O)N3CCCC3)CC2)c(C)n1. The van der Waals surface area contributed by atoms with E-state index in [1.807, 2.05) is 18.0 Å². The third-order valence-corrected chi connectivity index (χ3v) is 5.50. The molecule has 0 bridgehead atoms. The van der Waals surface area contributed by atoms with E-state index in [9.17, 15) is 4.79 Å². The van der Waals surface area contributed by atoms with Gasteiger partial charge in [0.2, 0.25) is 5.91 Å². The van der Waals surface area contributed by atoms with E-state index in [-0.39, 0.29) is 6.04 Å². The number of carbonyl (C=O) groups excluding carboxylic acids is 1. The van der Waals surface area contributed by atoms with Crippen LogP contribution in [0.1, 0.15) is 55.7 Å². The molecule has 0 saturated carbocycles. The van der Waals surface area contributed by atoms with Crippen molar-refractivity contribution in [1.29, 1.82) is 0 Å². The topological polar surface area (TPSA) is 61.4 Å². The van der Waals surface area contributed by atoms with Gasteiger partial charge in [-0.15, -0.1) is 0 Å². The number of carbonyl (C=O) groups is 1. The quantitative estimate of drug-likeness (QED) is 0.882. The fourth-order valence-electron chi connectivity index (χ4n) is 3.98. The average Bonchev–Trinajstić information content (AvgIpc) is 3.11. The third kappa shape index (κ3) is 4.76. The minimum Gasteiger partial charge on any atom is -0.342 e. The molecule has 0 aliphatic carbocycles. The first kappa shape index (κ1) is 18.3. The van der Waals surface area contributed by atoms with E-state index in [1.165, 1.54) is 5.56 Å². The van der Waals surface area contributed by atoms with E-state index in [1.54, 1.807) is 0 Å². The summed E-state index contributed by atoms with van der Waals surface area (Å²) >= 11 is 0. The third-order valence-electron chi connectivity index (χ3n) is 5.50. The number of rotatable bonds is 5. The van der Waals surface area contributed by atoms with Crippen LogP contribution in [0, 0.1) is 13.8 Å². The summed E-state index contributed by atoms with van der Waals surface area (Å²) in [6.07, 6.45) is 6.45. The summed E-state index contributed by atoms with van der Waals surface area (Å²) in [5.41, 5.74) is 2.23. The Hall–Kier alpha value is -1.53. The van der Waals surface area contributed by atoms with Gasteiger partial charge < -0.3 is 10.2 Å². The highest BCUT2D eigenvalue weighted by molar-refractivity contribution is 5.78. The van der Waals surface area contributed by atoms with Gasteiger partial charge in [0.15, 0.2) is 0 Å². The maximum absolute atomic E-state index is 12.3. The van der Waals surface area contributed by atoms with Gasteiger partial charge in [-0.1, -0.05) is 0 Å². The molecule has 2 saturated heterocycles. The minimum absolute atomic E-state index is 0.253. The summed E-state index contributed by atoms with van der Waals surface area (Å²) in [7, 11) is 0. The number of aryl methyl sites for hydroxylation is 2. The zero-order chi connectivity index (χ0) is 17.8. The molecule has 1 N–H and O–H groups in total. The lowest BCUT2D eigenvalue weighted by molar-refractivity contribution is -0.131. The molecule has 6 nitrogen and oxygen atoms in total. The van der Waals surface area contributed by atoms with Crippen molar-refractivity contribution in [2.75, 3.05) is 32.7 Å². The van der Waals surface area contributed by atoms with Crippen LogP contribution in [-0.4, -0.2) is 64.4 Å². The first-order chi connectivity index (χ1) is 12.0. The number of nitrogens with zero attached hydrogens (tertiary/aromatic N) is 4. The van der Waals surface area contributed by atoms with Crippen LogP contribution in [-0.2, 0) is 4.79 Å². The number of hydrogen-bond donors (Lipinski definition) is 1. The van der Waals surface area contributed by atoms with Gasteiger partial charge in [0.05, 0.1) is 6.54 Å². The Bertz CT molecular complexity index is 591.